The monoisotopic (exact) mass is 488 g/mol. The third-order valence-electron chi connectivity index (χ3n) is 5.93. The summed E-state index contributed by atoms with van der Waals surface area (Å²) < 4.78 is 11.2. The van der Waals surface area contributed by atoms with Crippen molar-refractivity contribution < 1.29 is 19.1 Å². The molecule has 3 rings (SSSR count). The lowest BCUT2D eigenvalue weighted by Crippen LogP contribution is -2.50. The maximum absolute atomic E-state index is 13.6. The molecule has 36 heavy (non-hydrogen) atoms. The fourth-order valence-electron chi connectivity index (χ4n) is 4.01. The van der Waals surface area contributed by atoms with Gasteiger partial charge in [-0.25, -0.2) is 0 Å². The van der Waals surface area contributed by atoms with Crippen LogP contribution in [0, 0.1) is 6.92 Å². The topological polar surface area (TPSA) is 67.9 Å². The molecule has 0 aromatic heterocycles. The third kappa shape index (κ3) is 8.15. The molecule has 0 heterocycles. The molecule has 0 saturated carbocycles. The molecule has 0 aliphatic carbocycles. The molecule has 0 fully saturated rings. The lowest BCUT2D eigenvalue weighted by Gasteiger charge is -2.31. The van der Waals surface area contributed by atoms with E-state index in [1.165, 1.54) is 5.56 Å². The van der Waals surface area contributed by atoms with Gasteiger partial charge in [0.2, 0.25) is 11.8 Å². The summed E-state index contributed by atoms with van der Waals surface area (Å²) in [5, 5.41) is 2.92. The number of rotatable bonds is 13. The Hall–Kier alpha value is -3.80. The largest absolute Gasteiger partial charge is 0.497 e. The van der Waals surface area contributed by atoms with Crippen molar-refractivity contribution in [2.45, 2.75) is 45.7 Å². The zero-order valence-electron chi connectivity index (χ0n) is 21.4. The van der Waals surface area contributed by atoms with E-state index in [-0.39, 0.29) is 18.2 Å². The fraction of sp³-hybridized carbons (Fsp3) is 0.333. The van der Waals surface area contributed by atoms with E-state index in [0.29, 0.717) is 38.3 Å². The molecule has 0 bridgehead atoms. The first-order chi connectivity index (χ1) is 17.5. The average Bonchev–Trinajstić information content (AvgIpc) is 2.90. The number of ether oxygens (including phenoxy) is 2. The highest BCUT2D eigenvalue weighted by Gasteiger charge is 2.30. The highest BCUT2D eigenvalue weighted by molar-refractivity contribution is 5.88. The molecular formula is C30H36N2O4. The molecule has 3 aromatic rings. The minimum Gasteiger partial charge on any atom is -0.497 e. The molecule has 3 aromatic carbocycles. The van der Waals surface area contributed by atoms with Gasteiger partial charge in [0, 0.05) is 25.9 Å². The summed E-state index contributed by atoms with van der Waals surface area (Å²) in [5.74, 6) is 1.25. The fourth-order valence-corrected chi connectivity index (χ4v) is 4.01. The standard InChI is InChI=1S/C30H36N2O4/c1-4-31-30(34)28(21-24-10-6-5-7-11-24)32(22-25-12-8-13-27(20-25)35-3)29(33)14-9-19-36-26-17-15-23(2)16-18-26/h5-8,10-13,15-18,20,28H,4,9,14,19,21-22H2,1-3H3,(H,31,34)/t28-/m0/s1. The molecule has 2 amide bonds. The van der Waals surface area contributed by atoms with E-state index in [4.69, 9.17) is 9.47 Å². The van der Waals surface area contributed by atoms with Gasteiger partial charge in [-0.05, 0) is 55.7 Å². The van der Waals surface area contributed by atoms with Gasteiger partial charge in [0.1, 0.15) is 17.5 Å². The summed E-state index contributed by atoms with van der Waals surface area (Å²) in [6.07, 6.45) is 1.26. The second-order valence-electron chi connectivity index (χ2n) is 8.74. The van der Waals surface area contributed by atoms with Crippen LogP contribution >= 0.6 is 0 Å². The summed E-state index contributed by atoms with van der Waals surface area (Å²) in [7, 11) is 1.61. The Labute approximate surface area is 214 Å². The Balaban J connectivity index is 1.77. The van der Waals surface area contributed by atoms with Crippen molar-refractivity contribution in [3.8, 4) is 11.5 Å². The van der Waals surface area contributed by atoms with Crippen LogP contribution in [-0.4, -0.2) is 43.0 Å². The van der Waals surface area contributed by atoms with E-state index < -0.39 is 6.04 Å². The first-order valence-electron chi connectivity index (χ1n) is 12.4. The minimum absolute atomic E-state index is 0.0856. The van der Waals surface area contributed by atoms with E-state index in [1.54, 1.807) is 12.0 Å². The van der Waals surface area contributed by atoms with Gasteiger partial charge in [-0.3, -0.25) is 9.59 Å². The van der Waals surface area contributed by atoms with E-state index in [1.807, 2.05) is 92.7 Å². The molecular weight excluding hydrogens is 452 g/mol. The minimum atomic E-state index is -0.635. The van der Waals surface area contributed by atoms with Gasteiger partial charge in [-0.15, -0.1) is 0 Å². The van der Waals surface area contributed by atoms with E-state index in [2.05, 4.69) is 5.32 Å². The van der Waals surface area contributed by atoms with Gasteiger partial charge in [0.15, 0.2) is 0 Å². The number of carbonyl (C=O) groups is 2. The highest BCUT2D eigenvalue weighted by Crippen LogP contribution is 2.20. The number of amides is 2. The SMILES string of the molecule is CCNC(=O)[C@H](Cc1ccccc1)N(Cc1cccc(OC)c1)C(=O)CCCOc1ccc(C)cc1. The van der Waals surface area contributed by atoms with Crippen LogP contribution in [0.2, 0.25) is 0 Å². The van der Waals surface area contributed by atoms with Crippen LogP contribution in [0.4, 0.5) is 0 Å². The van der Waals surface area contributed by atoms with Gasteiger partial charge in [-0.2, -0.15) is 0 Å². The van der Waals surface area contributed by atoms with Crippen molar-refractivity contribution >= 4 is 11.8 Å². The number of carbonyl (C=O) groups excluding carboxylic acids is 2. The number of hydrogen-bond donors (Lipinski definition) is 1. The number of likely N-dealkylation sites (N-methyl/N-ethyl adjacent to an activating group) is 1. The zero-order chi connectivity index (χ0) is 25.8. The van der Waals surface area contributed by atoms with Crippen molar-refractivity contribution in [3.63, 3.8) is 0 Å². The van der Waals surface area contributed by atoms with Crippen LogP contribution in [0.15, 0.2) is 78.9 Å². The van der Waals surface area contributed by atoms with Crippen molar-refractivity contribution in [2.75, 3.05) is 20.3 Å². The number of nitrogens with zero attached hydrogens (tertiary/aromatic N) is 1. The van der Waals surface area contributed by atoms with Gasteiger partial charge in [0.25, 0.3) is 0 Å². The van der Waals surface area contributed by atoms with Crippen LogP contribution in [0.1, 0.15) is 36.5 Å². The summed E-state index contributed by atoms with van der Waals surface area (Å²) in [6, 6.07) is 24.6. The number of hydrogen-bond acceptors (Lipinski definition) is 4. The zero-order valence-corrected chi connectivity index (χ0v) is 21.4. The summed E-state index contributed by atoms with van der Waals surface area (Å²) >= 11 is 0. The molecule has 0 spiro atoms. The van der Waals surface area contributed by atoms with E-state index in [0.717, 1.165) is 16.9 Å². The molecule has 6 nitrogen and oxygen atoms in total. The Morgan fingerprint density at radius 1 is 0.917 bits per heavy atom. The molecule has 0 unspecified atom stereocenters. The highest BCUT2D eigenvalue weighted by atomic mass is 16.5. The smallest absolute Gasteiger partial charge is 0.243 e. The van der Waals surface area contributed by atoms with Gasteiger partial charge in [0.05, 0.1) is 13.7 Å². The Bertz CT molecular complexity index is 1100. The number of benzene rings is 3. The first kappa shape index (κ1) is 26.8. The molecule has 0 aliphatic heterocycles. The Morgan fingerprint density at radius 3 is 2.33 bits per heavy atom. The van der Waals surface area contributed by atoms with Crippen LogP contribution < -0.4 is 14.8 Å². The van der Waals surface area contributed by atoms with Crippen LogP contribution in [0.25, 0.3) is 0 Å². The predicted molar refractivity (Wildman–Crippen MR) is 142 cm³/mol. The predicted octanol–water partition coefficient (Wildman–Crippen LogP) is 4.94. The van der Waals surface area contributed by atoms with Crippen molar-refractivity contribution in [3.05, 3.63) is 95.6 Å². The normalized spacial score (nSPS) is 11.4. The number of methoxy groups -OCH3 is 1. The lowest BCUT2D eigenvalue weighted by atomic mass is 10.0. The molecule has 0 saturated heterocycles. The first-order valence-corrected chi connectivity index (χ1v) is 12.4. The second-order valence-corrected chi connectivity index (χ2v) is 8.74. The summed E-state index contributed by atoms with van der Waals surface area (Å²) in [4.78, 5) is 28.4. The van der Waals surface area contributed by atoms with Crippen LogP contribution in [0.5, 0.6) is 11.5 Å². The number of aryl methyl sites for hydroxylation is 1. The van der Waals surface area contributed by atoms with Crippen LogP contribution in [0.3, 0.4) is 0 Å². The second kappa shape index (κ2) is 13.9. The van der Waals surface area contributed by atoms with Gasteiger partial charge >= 0.3 is 0 Å². The van der Waals surface area contributed by atoms with Crippen molar-refractivity contribution in [2.24, 2.45) is 0 Å². The summed E-state index contributed by atoms with van der Waals surface area (Å²) in [5.41, 5.74) is 3.07. The summed E-state index contributed by atoms with van der Waals surface area (Å²) in [6.45, 7) is 5.14. The molecule has 6 heteroatoms. The van der Waals surface area contributed by atoms with E-state index in [9.17, 15) is 9.59 Å². The molecule has 0 radical (unpaired) electrons. The van der Waals surface area contributed by atoms with E-state index >= 15 is 0 Å². The maximum atomic E-state index is 13.6. The van der Waals surface area contributed by atoms with Gasteiger partial charge in [-0.1, -0.05) is 60.2 Å². The third-order valence-corrected chi connectivity index (χ3v) is 5.93. The van der Waals surface area contributed by atoms with Crippen molar-refractivity contribution in [1.29, 1.82) is 0 Å². The molecule has 190 valence electrons. The Kier molecular flexibility index (Phi) is 10.4. The lowest BCUT2D eigenvalue weighted by molar-refractivity contribution is -0.141. The van der Waals surface area contributed by atoms with Gasteiger partial charge < -0.3 is 19.7 Å². The quantitative estimate of drug-likeness (QED) is 0.346. The average molecular weight is 489 g/mol. The molecule has 0 aliphatic rings. The maximum Gasteiger partial charge on any atom is 0.243 e. The number of nitrogens with one attached hydrogen (secondary N) is 1. The molecule has 1 atom stereocenters. The van der Waals surface area contributed by atoms with Crippen molar-refractivity contribution in [1.82, 2.24) is 10.2 Å². The van der Waals surface area contributed by atoms with Crippen LogP contribution in [-0.2, 0) is 22.6 Å². The Morgan fingerprint density at radius 2 is 1.64 bits per heavy atom. The molecule has 1 N–H and O–H groups in total.